The van der Waals surface area contributed by atoms with E-state index in [9.17, 15) is 18.7 Å². The normalized spacial score (nSPS) is 25.7. The second-order valence-electron chi connectivity index (χ2n) is 12.1. The van der Waals surface area contributed by atoms with Gasteiger partial charge in [-0.15, -0.1) is 0 Å². The van der Waals surface area contributed by atoms with Crippen LogP contribution in [0.4, 0.5) is 20.3 Å². The summed E-state index contributed by atoms with van der Waals surface area (Å²) in [7, 11) is 0. The van der Waals surface area contributed by atoms with Crippen LogP contribution in [0.1, 0.15) is 60.6 Å². The van der Waals surface area contributed by atoms with Gasteiger partial charge in [-0.25, -0.2) is 8.78 Å². The number of amides is 1. The number of phenols is 1. The summed E-state index contributed by atoms with van der Waals surface area (Å²) in [5.41, 5.74) is 1.40. The Labute approximate surface area is 243 Å². The van der Waals surface area contributed by atoms with Gasteiger partial charge in [0.1, 0.15) is 35.7 Å². The number of halogens is 2. The smallest absolute Gasteiger partial charge is 0.318 e. The quantitative estimate of drug-likeness (QED) is 0.381. The van der Waals surface area contributed by atoms with E-state index in [-0.39, 0.29) is 48.2 Å². The van der Waals surface area contributed by atoms with E-state index in [4.69, 9.17) is 9.72 Å². The minimum absolute atomic E-state index is 0.0141. The number of phenolic OH excluding ortho intramolecular Hbond substituents is 1. The lowest BCUT2D eigenvalue weighted by Crippen LogP contribution is -2.43. The molecule has 7 rings (SSSR count). The first-order valence-corrected chi connectivity index (χ1v) is 15.0. The molecule has 42 heavy (non-hydrogen) atoms. The number of nitrogens with one attached hydrogen (secondary N) is 2. The second kappa shape index (κ2) is 10.6. The van der Waals surface area contributed by atoms with Crippen molar-refractivity contribution in [3.63, 3.8) is 0 Å². The van der Waals surface area contributed by atoms with Crippen LogP contribution >= 0.6 is 0 Å². The summed E-state index contributed by atoms with van der Waals surface area (Å²) in [4.78, 5) is 27.2. The number of benzene rings is 2. The molecule has 9 nitrogen and oxygen atoms in total. The predicted molar refractivity (Wildman–Crippen MR) is 156 cm³/mol. The van der Waals surface area contributed by atoms with Crippen LogP contribution in [0.15, 0.2) is 24.3 Å². The molecule has 4 aliphatic rings. The Balaban J connectivity index is 1.26. The predicted octanol–water partition coefficient (Wildman–Crippen LogP) is 4.32. The Kier molecular flexibility index (Phi) is 6.89. The molecule has 3 fully saturated rings. The van der Waals surface area contributed by atoms with E-state index in [0.29, 0.717) is 58.5 Å². The molecular weight excluding hydrogens is 542 g/mol. The van der Waals surface area contributed by atoms with Gasteiger partial charge in [0.25, 0.3) is 5.91 Å². The molecular formula is C31H36F2N6O3. The van der Waals surface area contributed by atoms with Crippen molar-refractivity contribution in [2.75, 3.05) is 43.0 Å². The first-order valence-electron chi connectivity index (χ1n) is 15.0. The first kappa shape index (κ1) is 27.3. The van der Waals surface area contributed by atoms with Gasteiger partial charge in [0.15, 0.2) is 0 Å². The van der Waals surface area contributed by atoms with Gasteiger partial charge in [-0.3, -0.25) is 9.69 Å². The molecule has 3 N–H and O–H groups in total. The highest BCUT2D eigenvalue weighted by molar-refractivity contribution is 6.16. The van der Waals surface area contributed by atoms with Crippen LogP contribution in [0.25, 0.3) is 10.8 Å². The largest absolute Gasteiger partial charge is 0.508 e. The minimum atomic E-state index is -0.869. The molecule has 1 amide bonds. The summed E-state index contributed by atoms with van der Waals surface area (Å²) in [5.74, 6) is -0.290. The summed E-state index contributed by atoms with van der Waals surface area (Å²) < 4.78 is 35.5. The second-order valence-corrected chi connectivity index (χ2v) is 12.1. The number of alkyl halides is 1. The maximum absolute atomic E-state index is 14.9. The molecule has 11 heteroatoms. The number of hydrogen-bond acceptors (Lipinski definition) is 8. The van der Waals surface area contributed by atoms with Gasteiger partial charge in [0, 0.05) is 37.0 Å². The molecule has 3 atom stereocenters. The van der Waals surface area contributed by atoms with Crippen LogP contribution in [0.2, 0.25) is 0 Å². The average Bonchev–Trinajstić information content (AvgIpc) is 3.62. The van der Waals surface area contributed by atoms with Gasteiger partial charge >= 0.3 is 6.01 Å². The van der Waals surface area contributed by atoms with E-state index in [0.717, 1.165) is 45.3 Å². The third-order valence-corrected chi connectivity index (χ3v) is 9.38. The minimum Gasteiger partial charge on any atom is -0.508 e. The van der Waals surface area contributed by atoms with Gasteiger partial charge in [0.2, 0.25) is 0 Å². The maximum Gasteiger partial charge on any atom is 0.318 e. The average molecular weight is 579 g/mol. The van der Waals surface area contributed by atoms with Crippen LogP contribution in [-0.4, -0.2) is 76.4 Å². The van der Waals surface area contributed by atoms with Crippen molar-refractivity contribution < 1.29 is 23.4 Å². The van der Waals surface area contributed by atoms with E-state index < -0.39 is 6.17 Å². The van der Waals surface area contributed by atoms with Crippen molar-refractivity contribution in [3.05, 3.63) is 46.9 Å². The Morgan fingerprint density at radius 1 is 1.26 bits per heavy atom. The molecule has 3 aromatic rings. The number of carbonyl (C=O) groups excluding carboxylic acids is 1. The van der Waals surface area contributed by atoms with Crippen molar-refractivity contribution in [3.8, 4) is 11.8 Å². The molecule has 2 aromatic carbocycles. The monoisotopic (exact) mass is 578 g/mol. The van der Waals surface area contributed by atoms with Gasteiger partial charge in [0.05, 0.1) is 23.5 Å². The molecule has 0 bridgehead atoms. The number of ether oxygens (including phenoxy) is 1. The number of anilines is 2. The maximum atomic E-state index is 14.9. The summed E-state index contributed by atoms with van der Waals surface area (Å²) in [6, 6.07) is 6.32. The zero-order valence-corrected chi connectivity index (χ0v) is 23.8. The van der Waals surface area contributed by atoms with E-state index in [1.54, 1.807) is 12.1 Å². The van der Waals surface area contributed by atoms with Crippen LogP contribution in [0.3, 0.4) is 0 Å². The molecule has 5 heterocycles. The lowest BCUT2D eigenvalue weighted by Gasteiger charge is -2.31. The Morgan fingerprint density at radius 3 is 2.95 bits per heavy atom. The topological polar surface area (TPSA) is 103 Å². The molecule has 0 aliphatic carbocycles. The number of aryl methyl sites for hydroxylation is 1. The molecule has 1 aromatic heterocycles. The van der Waals surface area contributed by atoms with Gasteiger partial charge < -0.3 is 25.4 Å². The van der Waals surface area contributed by atoms with Crippen molar-refractivity contribution >= 4 is 28.2 Å². The van der Waals surface area contributed by atoms with Crippen molar-refractivity contribution in [2.45, 2.75) is 69.7 Å². The molecule has 4 aliphatic heterocycles. The highest BCUT2D eigenvalue weighted by Gasteiger charge is 2.49. The highest BCUT2D eigenvalue weighted by Crippen LogP contribution is 2.42. The number of hydrogen-bond donors (Lipinski definition) is 3. The lowest BCUT2D eigenvalue weighted by molar-refractivity contribution is 0.0996. The van der Waals surface area contributed by atoms with Crippen LogP contribution in [0, 0.1) is 5.82 Å². The van der Waals surface area contributed by atoms with Crippen molar-refractivity contribution in [1.29, 1.82) is 0 Å². The third kappa shape index (κ3) is 4.63. The number of carbonyl (C=O) groups is 1. The van der Waals surface area contributed by atoms with E-state index in [1.807, 2.05) is 6.92 Å². The van der Waals surface area contributed by atoms with Gasteiger partial charge in [-0.1, -0.05) is 13.0 Å². The van der Waals surface area contributed by atoms with E-state index in [1.165, 1.54) is 17.0 Å². The molecule has 0 spiro atoms. The first-order chi connectivity index (χ1) is 20.3. The molecule has 222 valence electrons. The fourth-order valence-corrected chi connectivity index (χ4v) is 7.39. The number of aromatic nitrogens is 2. The summed E-state index contributed by atoms with van der Waals surface area (Å²) in [6.07, 6.45) is 3.78. The summed E-state index contributed by atoms with van der Waals surface area (Å²) in [6.45, 7) is 5.23. The van der Waals surface area contributed by atoms with Crippen LogP contribution in [0.5, 0.6) is 11.8 Å². The Morgan fingerprint density at radius 2 is 2.14 bits per heavy atom. The van der Waals surface area contributed by atoms with Crippen molar-refractivity contribution in [2.24, 2.45) is 0 Å². The number of piperidine rings is 1. The number of nitrogens with zero attached hydrogens (tertiary/aromatic N) is 4. The molecule has 3 saturated heterocycles. The van der Waals surface area contributed by atoms with Gasteiger partial charge in [-0.2, -0.15) is 9.97 Å². The highest BCUT2D eigenvalue weighted by atomic mass is 19.1. The number of fused-ring (bicyclic) bond motifs is 3. The Hall–Kier alpha value is -3.57. The van der Waals surface area contributed by atoms with Crippen LogP contribution < -0.4 is 20.3 Å². The summed E-state index contributed by atoms with van der Waals surface area (Å²) >= 11 is 0. The number of aromatic hydroxyl groups is 1. The fraction of sp³-hybridized carbons (Fsp3) is 0.516. The summed E-state index contributed by atoms with van der Waals surface area (Å²) in [5, 5.41) is 18.6. The standard InChI is InChI=1S/C31H36F2N6O3/c1-2-22-23(33)7-6-18-11-21(40)12-25(26(18)22)39-16-24-27(29(39)41)28(35-20-5-3-9-34-14-20)37-30(36-24)42-17-31-8-4-10-38(31)15-19(32)13-31/h6-7,11-12,19-20,34,40H,2-5,8-10,13-17H2,1H3,(H,35,36,37). The van der Waals surface area contributed by atoms with Crippen molar-refractivity contribution in [1.82, 2.24) is 20.2 Å². The van der Waals surface area contributed by atoms with E-state index >= 15 is 0 Å². The van der Waals surface area contributed by atoms with Gasteiger partial charge in [-0.05, 0) is 68.3 Å². The Bertz CT molecular complexity index is 1550. The van der Waals surface area contributed by atoms with E-state index in [2.05, 4.69) is 20.5 Å². The molecule has 3 unspecified atom stereocenters. The number of rotatable bonds is 7. The zero-order valence-electron chi connectivity index (χ0n) is 23.8. The van der Waals surface area contributed by atoms with Crippen LogP contribution in [-0.2, 0) is 13.0 Å². The zero-order chi connectivity index (χ0) is 29.0. The SMILES string of the molecule is CCc1c(F)ccc2cc(O)cc(N3Cc4nc(OCC56CCCN5CC(F)C6)nc(NC5CCCNC5)c4C3=O)c12. The molecule has 0 saturated carbocycles. The fourth-order valence-electron chi connectivity index (χ4n) is 7.39. The lowest BCUT2D eigenvalue weighted by atomic mass is 9.95. The molecule has 0 radical (unpaired) electrons. The third-order valence-electron chi connectivity index (χ3n) is 9.38.